The van der Waals surface area contributed by atoms with Crippen LogP contribution in [0.2, 0.25) is 0 Å². The molecule has 0 radical (unpaired) electrons. The zero-order valence-electron chi connectivity index (χ0n) is 15.6. The van der Waals surface area contributed by atoms with Crippen molar-refractivity contribution in [3.8, 4) is 5.75 Å². The number of hydrogen-bond donors (Lipinski definition) is 2. The summed E-state index contributed by atoms with van der Waals surface area (Å²) in [6, 6.07) is 7.12. The van der Waals surface area contributed by atoms with Gasteiger partial charge in [0.2, 0.25) is 5.91 Å². The van der Waals surface area contributed by atoms with E-state index in [9.17, 15) is 19.5 Å². The number of benzene rings is 1. The van der Waals surface area contributed by atoms with Crippen LogP contribution < -0.4 is 15.0 Å². The molecular weight excluding hydrogens is 348 g/mol. The van der Waals surface area contributed by atoms with Crippen LogP contribution in [-0.2, 0) is 14.4 Å². The van der Waals surface area contributed by atoms with Crippen molar-refractivity contribution < 1.29 is 24.2 Å². The summed E-state index contributed by atoms with van der Waals surface area (Å²) >= 11 is 0. The molecule has 2 fully saturated rings. The molecule has 146 valence electrons. The lowest BCUT2D eigenvalue weighted by atomic mass is 9.74. The predicted molar refractivity (Wildman–Crippen MR) is 99.7 cm³/mol. The molecule has 0 bridgehead atoms. The van der Waals surface area contributed by atoms with E-state index in [-0.39, 0.29) is 18.4 Å². The van der Waals surface area contributed by atoms with Gasteiger partial charge >= 0.3 is 5.97 Å². The third-order valence-electron chi connectivity index (χ3n) is 5.50. The lowest BCUT2D eigenvalue weighted by Crippen LogP contribution is -2.56. The number of nitrogens with one attached hydrogen (secondary N) is 1. The van der Waals surface area contributed by atoms with E-state index < -0.39 is 17.4 Å². The molecule has 27 heavy (non-hydrogen) atoms. The van der Waals surface area contributed by atoms with Crippen molar-refractivity contribution >= 4 is 23.5 Å². The summed E-state index contributed by atoms with van der Waals surface area (Å²) in [5.74, 6) is -1.20. The second kappa shape index (κ2) is 7.98. The van der Waals surface area contributed by atoms with E-state index in [0.717, 1.165) is 24.9 Å². The zero-order chi connectivity index (χ0) is 19.4. The normalized spacial score (nSPS) is 25.3. The van der Waals surface area contributed by atoms with E-state index in [4.69, 9.17) is 4.74 Å². The molecule has 2 amide bonds. The Kier molecular flexibility index (Phi) is 5.68. The number of carbonyl (C=O) groups excluding carboxylic acids is 2. The lowest BCUT2D eigenvalue weighted by molar-refractivity contribution is -0.147. The second-order valence-corrected chi connectivity index (χ2v) is 7.54. The fraction of sp³-hybridized carbons (Fsp3) is 0.550. The van der Waals surface area contributed by atoms with Crippen molar-refractivity contribution in [2.24, 2.45) is 5.92 Å². The standard InChI is InChI=1S/C20H26N2O5/c1-20(10-3-2-8-16(20)19(25)26)21-17(23)13-27-15-7-4-6-14(12-15)22-11-5-9-18(22)24/h4,6-7,12,16H,2-3,5,8-11,13H2,1H3,(H,21,23)(H,25,26). The number of amides is 2. The fourth-order valence-corrected chi connectivity index (χ4v) is 4.04. The highest BCUT2D eigenvalue weighted by Crippen LogP contribution is 2.34. The number of carboxylic acid groups (broad SMARTS) is 1. The van der Waals surface area contributed by atoms with Gasteiger partial charge in [-0.1, -0.05) is 18.9 Å². The zero-order valence-corrected chi connectivity index (χ0v) is 15.6. The Morgan fingerprint density at radius 2 is 2.15 bits per heavy atom. The van der Waals surface area contributed by atoms with Crippen molar-refractivity contribution in [1.29, 1.82) is 0 Å². The summed E-state index contributed by atoms with van der Waals surface area (Å²) in [5, 5.41) is 12.3. The molecule has 0 spiro atoms. The molecule has 1 aromatic carbocycles. The summed E-state index contributed by atoms with van der Waals surface area (Å²) in [4.78, 5) is 37.4. The Balaban J connectivity index is 1.59. The number of nitrogens with zero attached hydrogens (tertiary/aromatic N) is 1. The average molecular weight is 374 g/mol. The van der Waals surface area contributed by atoms with Crippen LogP contribution in [0.25, 0.3) is 0 Å². The molecule has 2 N–H and O–H groups in total. The molecule has 1 aliphatic heterocycles. The first-order valence-electron chi connectivity index (χ1n) is 9.46. The molecule has 2 atom stereocenters. The molecule has 1 aliphatic carbocycles. The highest BCUT2D eigenvalue weighted by molar-refractivity contribution is 5.95. The van der Waals surface area contributed by atoms with Gasteiger partial charge in [-0.05, 0) is 38.3 Å². The van der Waals surface area contributed by atoms with Crippen LogP contribution in [0, 0.1) is 5.92 Å². The number of carboxylic acids is 1. The van der Waals surface area contributed by atoms with Crippen molar-refractivity contribution in [3.63, 3.8) is 0 Å². The van der Waals surface area contributed by atoms with Crippen LogP contribution in [0.5, 0.6) is 5.75 Å². The summed E-state index contributed by atoms with van der Waals surface area (Å²) in [6.45, 7) is 2.29. The number of rotatable bonds is 6. The SMILES string of the molecule is CC1(NC(=O)COc2cccc(N3CCCC3=O)c2)CCCCC1C(=O)O. The smallest absolute Gasteiger partial charge is 0.308 e. The minimum atomic E-state index is -0.874. The first-order chi connectivity index (χ1) is 12.9. The highest BCUT2D eigenvalue weighted by atomic mass is 16.5. The number of anilines is 1. The van der Waals surface area contributed by atoms with Crippen LogP contribution in [0.3, 0.4) is 0 Å². The number of aliphatic carboxylic acids is 1. The maximum Gasteiger partial charge on any atom is 0.308 e. The van der Waals surface area contributed by atoms with Crippen LogP contribution in [-0.4, -0.2) is 41.6 Å². The Morgan fingerprint density at radius 1 is 1.33 bits per heavy atom. The van der Waals surface area contributed by atoms with Gasteiger partial charge in [0.15, 0.2) is 6.61 Å². The lowest BCUT2D eigenvalue weighted by Gasteiger charge is -2.39. The third kappa shape index (κ3) is 4.40. The molecule has 7 heteroatoms. The summed E-state index contributed by atoms with van der Waals surface area (Å²) < 4.78 is 5.59. The Labute approximate surface area is 158 Å². The fourth-order valence-electron chi connectivity index (χ4n) is 4.04. The van der Waals surface area contributed by atoms with E-state index in [1.807, 2.05) is 6.07 Å². The van der Waals surface area contributed by atoms with Gasteiger partial charge in [0, 0.05) is 24.7 Å². The molecular formula is C20H26N2O5. The van der Waals surface area contributed by atoms with E-state index in [1.54, 1.807) is 30.0 Å². The van der Waals surface area contributed by atoms with Gasteiger partial charge in [-0.25, -0.2) is 0 Å². The van der Waals surface area contributed by atoms with E-state index >= 15 is 0 Å². The Bertz CT molecular complexity index is 735. The average Bonchev–Trinajstić information content (AvgIpc) is 3.06. The minimum absolute atomic E-state index is 0.0924. The Morgan fingerprint density at radius 3 is 2.85 bits per heavy atom. The van der Waals surface area contributed by atoms with Crippen LogP contribution >= 0.6 is 0 Å². The molecule has 1 saturated carbocycles. The highest BCUT2D eigenvalue weighted by Gasteiger charge is 2.42. The van der Waals surface area contributed by atoms with E-state index in [1.165, 1.54) is 0 Å². The topological polar surface area (TPSA) is 95.9 Å². The monoisotopic (exact) mass is 374 g/mol. The molecule has 1 aromatic rings. The van der Waals surface area contributed by atoms with E-state index in [2.05, 4.69) is 5.32 Å². The molecule has 3 rings (SSSR count). The van der Waals surface area contributed by atoms with Crippen molar-refractivity contribution in [3.05, 3.63) is 24.3 Å². The first-order valence-corrected chi connectivity index (χ1v) is 9.46. The minimum Gasteiger partial charge on any atom is -0.484 e. The molecule has 1 heterocycles. The van der Waals surface area contributed by atoms with Crippen molar-refractivity contribution in [2.45, 2.75) is 51.0 Å². The molecule has 2 aliphatic rings. The maximum absolute atomic E-state index is 12.4. The quantitative estimate of drug-likeness (QED) is 0.797. The summed E-state index contributed by atoms with van der Waals surface area (Å²) in [5.41, 5.74) is 0.00883. The van der Waals surface area contributed by atoms with Crippen LogP contribution in [0.1, 0.15) is 45.4 Å². The van der Waals surface area contributed by atoms with Crippen molar-refractivity contribution in [1.82, 2.24) is 5.32 Å². The predicted octanol–water partition coefficient (Wildman–Crippen LogP) is 2.34. The first kappa shape index (κ1) is 19.2. The van der Waals surface area contributed by atoms with Gasteiger partial charge in [0.1, 0.15) is 5.75 Å². The van der Waals surface area contributed by atoms with Crippen LogP contribution in [0.15, 0.2) is 24.3 Å². The van der Waals surface area contributed by atoms with Gasteiger partial charge in [-0.3, -0.25) is 14.4 Å². The third-order valence-corrected chi connectivity index (χ3v) is 5.50. The Hall–Kier alpha value is -2.57. The summed E-state index contributed by atoms with van der Waals surface area (Å²) in [7, 11) is 0. The molecule has 1 saturated heterocycles. The molecule has 7 nitrogen and oxygen atoms in total. The van der Waals surface area contributed by atoms with Crippen LogP contribution in [0.4, 0.5) is 5.69 Å². The van der Waals surface area contributed by atoms with Gasteiger partial charge in [-0.2, -0.15) is 0 Å². The number of carbonyl (C=O) groups is 3. The molecule has 2 unspecified atom stereocenters. The summed E-state index contributed by atoms with van der Waals surface area (Å²) in [6.07, 6.45) is 4.36. The molecule has 0 aromatic heterocycles. The second-order valence-electron chi connectivity index (χ2n) is 7.54. The van der Waals surface area contributed by atoms with Gasteiger partial charge in [-0.15, -0.1) is 0 Å². The number of hydrogen-bond acceptors (Lipinski definition) is 4. The number of ether oxygens (including phenoxy) is 1. The largest absolute Gasteiger partial charge is 0.484 e. The van der Waals surface area contributed by atoms with Crippen molar-refractivity contribution in [2.75, 3.05) is 18.1 Å². The maximum atomic E-state index is 12.4. The van der Waals surface area contributed by atoms with E-state index in [0.29, 0.717) is 31.6 Å². The van der Waals surface area contributed by atoms with Gasteiger partial charge < -0.3 is 20.1 Å². The van der Waals surface area contributed by atoms with Gasteiger partial charge in [0.05, 0.1) is 11.5 Å². The van der Waals surface area contributed by atoms with Gasteiger partial charge in [0.25, 0.3) is 5.91 Å².